The van der Waals surface area contributed by atoms with Crippen molar-refractivity contribution in [3.8, 4) is 0 Å². The highest BCUT2D eigenvalue weighted by atomic mass is 16.7. The van der Waals surface area contributed by atoms with E-state index in [4.69, 9.17) is 19.3 Å². The van der Waals surface area contributed by atoms with Crippen molar-refractivity contribution < 1.29 is 24.1 Å². The zero-order valence-corrected chi connectivity index (χ0v) is 20.7. The summed E-state index contributed by atoms with van der Waals surface area (Å²) in [6, 6.07) is 8.29. The molecular formula is C25H45NO5. The van der Waals surface area contributed by atoms with Crippen LogP contribution in [-0.2, 0) is 20.6 Å². The fraction of sp³-hybridized carbons (Fsp3) is 0.720. The second kappa shape index (κ2) is 17.0. The van der Waals surface area contributed by atoms with E-state index in [1.54, 1.807) is 0 Å². The van der Waals surface area contributed by atoms with Crippen LogP contribution in [0.5, 0.6) is 0 Å². The van der Waals surface area contributed by atoms with Crippen molar-refractivity contribution in [2.24, 2.45) is 0 Å². The Labute approximate surface area is 189 Å². The van der Waals surface area contributed by atoms with E-state index in [9.17, 15) is 4.79 Å². The molecule has 0 saturated heterocycles. The molecule has 0 fully saturated rings. The van der Waals surface area contributed by atoms with E-state index in [-0.39, 0.29) is 18.4 Å². The van der Waals surface area contributed by atoms with Crippen molar-refractivity contribution in [3.63, 3.8) is 0 Å². The number of carbonyl (C=O) groups excluding carboxylic acids is 1. The van der Waals surface area contributed by atoms with Crippen LogP contribution in [0.15, 0.2) is 24.3 Å². The van der Waals surface area contributed by atoms with Crippen LogP contribution >= 0.6 is 0 Å². The van der Waals surface area contributed by atoms with Crippen LogP contribution in [0.4, 0.5) is 4.79 Å². The molecule has 0 spiro atoms. The fourth-order valence-electron chi connectivity index (χ4n) is 2.79. The number of nitrogens with one attached hydrogen (secondary N) is 1. The van der Waals surface area contributed by atoms with Crippen molar-refractivity contribution in [2.45, 2.75) is 98.5 Å². The minimum atomic E-state index is -0.491. The van der Waals surface area contributed by atoms with Gasteiger partial charge in [0.05, 0.1) is 0 Å². The van der Waals surface area contributed by atoms with Gasteiger partial charge in [0.15, 0.2) is 6.29 Å². The number of carbonyl (C=O) groups is 1. The van der Waals surface area contributed by atoms with Gasteiger partial charge >= 0.3 is 6.09 Å². The van der Waals surface area contributed by atoms with Gasteiger partial charge in [-0.3, -0.25) is 0 Å². The molecule has 180 valence electrons. The summed E-state index contributed by atoms with van der Waals surface area (Å²) < 4.78 is 16.7. The van der Waals surface area contributed by atoms with E-state index in [1.165, 1.54) is 5.56 Å². The molecule has 0 radical (unpaired) electrons. The predicted octanol–water partition coefficient (Wildman–Crippen LogP) is 5.77. The highest BCUT2D eigenvalue weighted by molar-refractivity contribution is 5.68. The summed E-state index contributed by atoms with van der Waals surface area (Å²) in [7, 11) is 0. The second-order valence-corrected chi connectivity index (χ2v) is 8.40. The molecule has 0 bridgehead atoms. The Hall–Kier alpha value is -1.63. The van der Waals surface area contributed by atoms with Crippen molar-refractivity contribution in [1.29, 1.82) is 0 Å². The van der Waals surface area contributed by atoms with Crippen LogP contribution in [-0.4, -0.2) is 42.7 Å². The van der Waals surface area contributed by atoms with E-state index < -0.39 is 5.60 Å². The second-order valence-electron chi connectivity index (χ2n) is 8.40. The third-order valence-corrected chi connectivity index (χ3v) is 4.22. The minimum Gasteiger partial charge on any atom is -0.444 e. The molecule has 0 aliphatic carbocycles. The number of aliphatic hydroxyl groups is 1. The normalized spacial score (nSPS) is 12.2. The standard InChI is InChI=1S/C22H37NO4.C3H8O/c1-7-10-11-19(23-21(24)27-22(4,5)6)16-17-12-14-18(15-13-17)20(25-8-2)26-9-3;1-2-3-4/h12-15,19-20H,7-11,16H2,1-6H3,(H,23,24);4H,2-3H2,1H3. The molecule has 6 heteroatoms. The van der Waals surface area contributed by atoms with Gasteiger partial charge in [-0.05, 0) is 59.4 Å². The van der Waals surface area contributed by atoms with Gasteiger partial charge in [-0.1, -0.05) is 51.0 Å². The maximum Gasteiger partial charge on any atom is 0.407 e. The molecule has 0 aliphatic rings. The van der Waals surface area contributed by atoms with Crippen LogP contribution in [0.1, 0.15) is 91.6 Å². The Morgan fingerprint density at radius 3 is 1.97 bits per heavy atom. The Kier molecular flexibility index (Phi) is 16.1. The van der Waals surface area contributed by atoms with E-state index in [0.29, 0.717) is 19.8 Å². The average Bonchev–Trinajstić information content (AvgIpc) is 2.71. The number of rotatable bonds is 12. The van der Waals surface area contributed by atoms with Crippen molar-refractivity contribution in [2.75, 3.05) is 19.8 Å². The van der Waals surface area contributed by atoms with Gasteiger partial charge in [-0.25, -0.2) is 4.79 Å². The van der Waals surface area contributed by atoms with Gasteiger partial charge in [0.25, 0.3) is 0 Å². The lowest BCUT2D eigenvalue weighted by Gasteiger charge is -2.24. The molecule has 0 saturated carbocycles. The largest absolute Gasteiger partial charge is 0.444 e. The van der Waals surface area contributed by atoms with Gasteiger partial charge in [-0.2, -0.15) is 0 Å². The number of alkyl carbamates (subject to hydrolysis) is 1. The highest BCUT2D eigenvalue weighted by Crippen LogP contribution is 2.20. The van der Waals surface area contributed by atoms with Gasteiger partial charge in [0, 0.05) is 31.4 Å². The number of ether oxygens (including phenoxy) is 3. The number of hydrogen-bond donors (Lipinski definition) is 2. The first-order chi connectivity index (χ1) is 14.7. The SMILES string of the molecule is CCCCC(Cc1ccc(C(OCC)OCC)cc1)NC(=O)OC(C)(C)C.CCCO. The van der Waals surface area contributed by atoms with Gasteiger partial charge in [-0.15, -0.1) is 0 Å². The Bertz CT molecular complexity index is 560. The summed E-state index contributed by atoms with van der Waals surface area (Å²) in [6.45, 7) is 15.2. The molecule has 0 aromatic heterocycles. The number of benzene rings is 1. The molecule has 31 heavy (non-hydrogen) atoms. The number of amides is 1. The summed E-state index contributed by atoms with van der Waals surface area (Å²) in [4.78, 5) is 12.1. The van der Waals surface area contributed by atoms with E-state index >= 15 is 0 Å². The van der Waals surface area contributed by atoms with Crippen molar-refractivity contribution in [3.05, 3.63) is 35.4 Å². The molecule has 6 nitrogen and oxygen atoms in total. The van der Waals surface area contributed by atoms with Crippen molar-refractivity contribution in [1.82, 2.24) is 5.32 Å². The quantitative estimate of drug-likeness (QED) is 0.404. The third-order valence-electron chi connectivity index (χ3n) is 4.22. The highest BCUT2D eigenvalue weighted by Gasteiger charge is 2.20. The molecule has 1 atom stereocenters. The predicted molar refractivity (Wildman–Crippen MR) is 126 cm³/mol. The molecule has 1 aromatic rings. The first kappa shape index (κ1) is 29.4. The number of unbranched alkanes of at least 4 members (excludes halogenated alkanes) is 1. The number of aliphatic hydroxyl groups excluding tert-OH is 1. The van der Waals surface area contributed by atoms with Crippen LogP contribution in [0.25, 0.3) is 0 Å². The molecule has 1 rings (SSSR count). The summed E-state index contributed by atoms with van der Waals surface area (Å²) in [6.07, 6.45) is 4.05. The number of hydrogen-bond acceptors (Lipinski definition) is 5. The molecule has 2 N–H and O–H groups in total. The summed E-state index contributed by atoms with van der Waals surface area (Å²) >= 11 is 0. The monoisotopic (exact) mass is 439 g/mol. The molecule has 0 heterocycles. The first-order valence-corrected chi connectivity index (χ1v) is 11.6. The zero-order chi connectivity index (χ0) is 23.7. The lowest BCUT2D eigenvalue weighted by atomic mass is 10.00. The van der Waals surface area contributed by atoms with Gasteiger partial charge in [0.2, 0.25) is 0 Å². The minimum absolute atomic E-state index is 0.0558. The molecule has 1 amide bonds. The molecular weight excluding hydrogens is 394 g/mol. The summed E-state index contributed by atoms with van der Waals surface area (Å²) in [5.41, 5.74) is 1.68. The Balaban J connectivity index is 0.00000206. The topological polar surface area (TPSA) is 77.0 Å². The molecule has 1 aromatic carbocycles. The smallest absolute Gasteiger partial charge is 0.407 e. The van der Waals surface area contributed by atoms with Gasteiger partial charge in [0.1, 0.15) is 5.60 Å². The van der Waals surface area contributed by atoms with Gasteiger partial charge < -0.3 is 24.6 Å². The van der Waals surface area contributed by atoms with Crippen LogP contribution in [0.3, 0.4) is 0 Å². The van der Waals surface area contributed by atoms with Crippen LogP contribution in [0, 0.1) is 0 Å². The fourth-order valence-corrected chi connectivity index (χ4v) is 2.79. The van der Waals surface area contributed by atoms with Crippen LogP contribution < -0.4 is 5.32 Å². The van der Waals surface area contributed by atoms with Crippen molar-refractivity contribution >= 4 is 6.09 Å². The Morgan fingerprint density at radius 1 is 1.00 bits per heavy atom. The summed E-state index contributed by atoms with van der Waals surface area (Å²) in [5.74, 6) is 0. The van der Waals surface area contributed by atoms with E-state index in [2.05, 4.69) is 24.4 Å². The third kappa shape index (κ3) is 14.9. The average molecular weight is 440 g/mol. The molecule has 0 aliphatic heterocycles. The lowest BCUT2D eigenvalue weighted by molar-refractivity contribution is -0.140. The lowest BCUT2D eigenvalue weighted by Crippen LogP contribution is -2.40. The maximum absolute atomic E-state index is 12.1. The molecule has 1 unspecified atom stereocenters. The van der Waals surface area contributed by atoms with E-state index in [1.807, 2.05) is 53.7 Å². The van der Waals surface area contributed by atoms with E-state index in [0.717, 1.165) is 37.7 Å². The Morgan fingerprint density at radius 2 is 1.55 bits per heavy atom. The zero-order valence-electron chi connectivity index (χ0n) is 20.7. The maximum atomic E-state index is 12.1. The first-order valence-electron chi connectivity index (χ1n) is 11.6. The summed E-state index contributed by atoms with van der Waals surface area (Å²) in [5, 5.41) is 10.9. The van der Waals surface area contributed by atoms with Crippen LogP contribution in [0.2, 0.25) is 0 Å².